The number of esters is 1. The van der Waals surface area contributed by atoms with Gasteiger partial charge >= 0.3 is 5.97 Å². The van der Waals surface area contributed by atoms with Gasteiger partial charge in [-0.05, 0) is 24.3 Å². The third-order valence-electron chi connectivity index (χ3n) is 1.94. The van der Waals surface area contributed by atoms with Crippen LogP contribution in [-0.4, -0.2) is 23.5 Å². The van der Waals surface area contributed by atoms with Crippen molar-refractivity contribution in [3.63, 3.8) is 0 Å². The molecule has 0 radical (unpaired) electrons. The van der Waals surface area contributed by atoms with Gasteiger partial charge in [0.2, 0.25) is 5.91 Å². The lowest BCUT2D eigenvalue weighted by Gasteiger charge is -2.06. The van der Waals surface area contributed by atoms with Gasteiger partial charge in [0.25, 0.3) is 0 Å². The van der Waals surface area contributed by atoms with E-state index in [0.29, 0.717) is 10.6 Å². The highest BCUT2D eigenvalue weighted by molar-refractivity contribution is 7.94. The highest BCUT2D eigenvalue weighted by Gasteiger charge is 2.08. The monoisotopic (exact) mass is 267 g/mol. The molecule has 18 heavy (non-hydrogen) atoms. The molecule has 96 valence electrons. The number of carbonyl (C=O) groups excluding carboxylic acids is 2. The molecule has 0 fully saturated rings. The zero-order valence-electron chi connectivity index (χ0n) is 10.0. The predicted molar refractivity (Wildman–Crippen MR) is 68.3 cm³/mol. The van der Waals surface area contributed by atoms with Crippen LogP contribution in [0.1, 0.15) is 6.92 Å². The minimum absolute atomic E-state index is 0.172. The quantitative estimate of drug-likeness (QED) is 0.508. The van der Waals surface area contributed by atoms with Crippen molar-refractivity contribution < 1.29 is 18.9 Å². The number of rotatable bonds is 4. The Labute approximate surface area is 108 Å². The van der Waals surface area contributed by atoms with Gasteiger partial charge in [-0.2, -0.15) is 0 Å². The van der Waals surface area contributed by atoms with Gasteiger partial charge in [-0.3, -0.25) is 4.79 Å². The lowest BCUT2D eigenvalue weighted by Crippen LogP contribution is -2.06. The Balaban J connectivity index is 2.69. The van der Waals surface area contributed by atoms with E-state index in [-0.39, 0.29) is 5.91 Å². The lowest BCUT2D eigenvalue weighted by atomic mass is 10.3. The van der Waals surface area contributed by atoms with E-state index >= 15 is 0 Å². The van der Waals surface area contributed by atoms with Crippen LogP contribution in [0.25, 0.3) is 0 Å². The Morgan fingerprint density at radius 2 is 1.94 bits per heavy atom. The predicted octanol–water partition coefficient (Wildman–Crippen LogP) is 1.44. The summed E-state index contributed by atoms with van der Waals surface area (Å²) < 4.78 is 16.1. The normalized spacial score (nSPS) is 12.2. The molecule has 1 aromatic carbocycles. The van der Waals surface area contributed by atoms with E-state index in [0.717, 1.165) is 6.08 Å². The van der Waals surface area contributed by atoms with Crippen molar-refractivity contribution >= 4 is 28.7 Å². The highest BCUT2D eigenvalue weighted by Crippen LogP contribution is 2.16. The molecule has 0 aliphatic heterocycles. The molecule has 0 saturated carbocycles. The van der Waals surface area contributed by atoms with Crippen molar-refractivity contribution in [1.29, 1.82) is 0 Å². The summed E-state index contributed by atoms with van der Waals surface area (Å²) in [5.41, 5.74) is 0.625. The minimum Gasteiger partial charge on any atom is -0.607 e. The first-order valence-corrected chi connectivity index (χ1v) is 6.28. The minimum atomic E-state index is -1.42. The molecule has 0 spiro atoms. The Bertz CT molecular complexity index is 456. The third kappa shape index (κ3) is 4.60. The molecule has 0 saturated heterocycles. The van der Waals surface area contributed by atoms with Crippen LogP contribution in [0.2, 0.25) is 0 Å². The Hall–Kier alpha value is -1.79. The van der Waals surface area contributed by atoms with Crippen LogP contribution in [0, 0.1) is 0 Å². The summed E-state index contributed by atoms with van der Waals surface area (Å²) in [4.78, 5) is 22.2. The fourth-order valence-corrected chi connectivity index (χ4v) is 1.94. The number of nitrogens with one attached hydrogen (secondary N) is 1. The van der Waals surface area contributed by atoms with Gasteiger partial charge in [-0.15, -0.1) is 0 Å². The standard InChI is InChI=1S/C12H13NO4S/c1-9(14)13-10-3-5-11(6-4-10)18(16)8-7-12(15)17-2/h3-8H,1-2H3,(H,13,14)/b8-7+. The van der Waals surface area contributed by atoms with E-state index in [9.17, 15) is 14.1 Å². The molecule has 0 aromatic heterocycles. The SMILES string of the molecule is COC(=O)/C=C/[S+]([O-])c1ccc(NC(C)=O)cc1. The van der Waals surface area contributed by atoms with Crippen molar-refractivity contribution in [3.05, 3.63) is 35.7 Å². The van der Waals surface area contributed by atoms with Crippen LogP contribution < -0.4 is 5.32 Å². The van der Waals surface area contributed by atoms with E-state index in [2.05, 4.69) is 10.1 Å². The first kappa shape index (κ1) is 14.3. The summed E-state index contributed by atoms with van der Waals surface area (Å²) in [5.74, 6) is -0.729. The second kappa shape index (κ2) is 6.83. The second-order valence-corrected chi connectivity index (χ2v) is 4.67. The summed E-state index contributed by atoms with van der Waals surface area (Å²) in [6.07, 6.45) is 1.11. The summed E-state index contributed by atoms with van der Waals surface area (Å²) in [6, 6.07) is 6.51. The van der Waals surface area contributed by atoms with Crippen molar-refractivity contribution in [2.45, 2.75) is 11.8 Å². The molecule has 1 amide bonds. The maximum absolute atomic E-state index is 11.7. The van der Waals surface area contributed by atoms with Gasteiger partial charge in [-0.25, -0.2) is 4.79 Å². The summed E-state index contributed by atoms with van der Waals surface area (Å²) >= 11 is -1.42. The fraction of sp³-hybridized carbons (Fsp3) is 0.167. The number of methoxy groups -OCH3 is 1. The average molecular weight is 267 g/mol. The van der Waals surface area contributed by atoms with Crippen molar-refractivity contribution in [3.8, 4) is 0 Å². The summed E-state index contributed by atoms with van der Waals surface area (Å²) in [6.45, 7) is 1.41. The third-order valence-corrected chi connectivity index (χ3v) is 3.06. The molecule has 1 aromatic rings. The van der Waals surface area contributed by atoms with E-state index in [1.807, 2.05) is 0 Å². The average Bonchev–Trinajstić information content (AvgIpc) is 2.35. The molecule has 1 unspecified atom stereocenters. The van der Waals surface area contributed by atoms with Gasteiger partial charge in [0, 0.05) is 23.8 Å². The van der Waals surface area contributed by atoms with Gasteiger partial charge in [0.1, 0.15) is 5.41 Å². The van der Waals surface area contributed by atoms with Crippen LogP contribution in [0.15, 0.2) is 40.6 Å². The van der Waals surface area contributed by atoms with Gasteiger partial charge in [0.05, 0.1) is 13.2 Å². The van der Waals surface area contributed by atoms with Crippen LogP contribution in [0.4, 0.5) is 5.69 Å². The molecule has 1 N–H and O–H groups in total. The van der Waals surface area contributed by atoms with Crippen LogP contribution >= 0.6 is 0 Å². The van der Waals surface area contributed by atoms with Gasteiger partial charge < -0.3 is 14.6 Å². The Morgan fingerprint density at radius 3 is 2.44 bits per heavy atom. The fourth-order valence-electron chi connectivity index (χ4n) is 1.14. The molecule has 0 aliphatic rings. The maximum atomic E-state index is 11.7. The number of amides is 1. The topological polar surface area (TPSA) is 78.5 Å². The first-order valence-electron chi connectivity index (χ1n) is 5.07. The second-order valence-electron chi connectivity index (χ2n) is 3.33. The molecule has 1 atom stereocenters. The van der Waals surface area contributed by atoms with Gasteiger partial charge in [-0.1, -0.05) is 0 Å². The van der Waals surface area contributed by atoms with Gasteiger partial charge in [0.15, 0.2) is 4.90 Å². The van der Waals surface area contributed by atoms with Crippen LogP contribution in [0.5, 0.6) is 0 Å². The highest BCUT2D eigenvalue weighted by atomic mass is 32.2. The molecule has 0 heterocycles. The maximum Gasteiger partial charge on any atom is 0.334 e. The number of ether oxygens (including phenoxy) is 1. The number of carbonyl (C=O) groups is 2. The van der Waals surface area contributed by atoms with E-state index in [4.69, 9.17) is 0 Å². The van der Waals surface area contributed by atoms with Crippen LogP contribution in [0.3, 0.4) is 0 Å². The molecule has 1 rings (SSSR count). The number of benzene rings is 1. The Kier molecular flexibility index (Phi) is 5.41. The number of hydrogen-bond acceptors (Lipinski definition) is 4. The molecular formula is C12H13NO4S. The van der Waals surface area contributed by atoms with Crippen molar-refractivity contribution in [2.75, 3.05) is 12.4 Å². The van der Waals surface area contributed by atoms with Crippen LogP contribution in [-0.2, 0) is 25.5 Å². The van der Waals surface area contributed by atoms with Crippen molar-refractivity contribution in [1.82, 2.24) is 0 Å². The molecule has 0 bridgehead atoms. The smallest absolute Gasteiger partial charge is 0.334 e. The number of hydrogen-bond donors (Lipinski definition) is 1. The molecule has 6 heteroatoms. The largest absolute Gasteiger partial charge is 0.607 e. The summed E-state index contributed by atoms with van der Waals surface area (Å²) in [7, 11) is 1.25. The molecule has 0 aliphatic carbocycles. The zero-order chi connectivity index (χ0) is 13.5. The van der Waals surface area contributed by atoms with E-state index in [1.54, 1.807) is 24.3 Å². The molecule has 5 nitrogen and oxygen atoms in total. The van der Waals surface area contributed by atoms with Crippen molar-refractivity contribution in [2.24, 2.45) is 0 Å². The Morgan fingerprint density at radius 1 is 1.33 bits per heavy atom. The first-order chi connectivity index (χ1) is 8.52. The number of anilines is 1. The lowest BCUT2D eigenvalue weighted by molar-refractivity contribution is -0.134. The molecular weight excluding hydrogens is 254 g/mol. The summed E-state index contributed by atoms with van der Waals surface area (Å²) in [5, 5.41) is 3.85. The zero-order valence-corrected chi connectivity index (χ0v) is 10.8. The van der Waals surface area contributed by atoms with E-state index in [1.165, 1.54) is 19.4 Å². The van der Waals surface area contributed by atoms with E-state index < -0.39 is 17.1 Å².